The highest BCUT2D eigenvalue weighted by Gasteiger charge is 2.05. The number of halogens is 1. The highest BCUT2D eigenvalue weighted by molar-refractivity contribution is 7.90. The molecule has 3 N–H and O–H groups in total. The van der Waals surface area contributed by atoms with Gasteiger partial charge in [-0.25, -0.2) is 8.42 Å². The van der Waals surface area contributed by atoms with Gasteiger partial charge in [-0.15, -0.1) is 12.4 Å². The second-order valence-electron chi connectivity index (χ2n) is 2.36. The molecule has 0 aromatic heterocycles. The van der Waals surface area contributed by atoms with Gasteiger partial charge in [-0.3, -0.25) is 0 Å². The first kappa shape index (κ1) is 13.7. The highest BCUT2D eigenvalue weighted by atomic mass is 35.5. The standard InChI is InChI=1S/C5H13NO3S.ClH/c1-10(8,9)3-2-5(6)4-7;/h5,7H,2-4,6H2,1H3;1H/t5-;/m1./s1. The van der Waals surface area contributed by atoms with Crippen molar-refractivity contribution in [2.45, 2.75) is 12.5 Å². The van der Waals surface area contributed by atoms with Gasteiger partial charge in [-0.2, -0.15) is 0 Å². The fourth-order valence-electron chi connectivity index (χ4n) is 0.457. The maximum absolute atomic E-state index is 10.5. The number of aliphatic hydroxyl groups excluding tert-OH is 1. The van der Waals surface area contributed by atoms with Crippen LogP contribution in [-0.2, 0) is 9.84 Å². The topological polar surface area (TPSA) is 80.4 Å². The van der Waals surface area contributed by atoms with Crippen LogP contribution in [0.15, 0.2) is 0 Å². The van der Waals surface area contributed by atoms with Gasteiger partial charge in [0.05, 0.1) is 12.4 Å². The van der Waals surface area contributed by atoms with Gasteiger partial charge in [0.15, 0.2) is 0 Å². The summed E-state index contributed by atoms with van der Waals surface area (Å²) in [5.74, 6) is 0.0503. The molecule has 4 nitrogen and oxygen atoms in total. The lowest BCUT2D eigenvalue weighted by molar-refractivity contribution is 0.263. The van der Waals surface area contributed by atoms with Crippen molar-refractivity contribution in [1.82, 2.24) is 0 Å². The molecule has 0 saturated carbocycles. The van der Waals surface area contributed by atoms with Crippen molar-refractivity contribution in [3.8, 4) is 0 Å². The van der Waals surface area contributed by atoms with E-state index in [0.717, 1.165) is 6.26 Å². The van der Waals surface area contributed by atoms with Crippen molar-refractivity contribution in [2.24, 2.45) is 5.73 Å². The van der Waals surface area contributed by atoms with Crippen molar-refractivity contribution in [2.75, 3.05) is 18.6 Å². The summed E-state index contributed by atoms with van der Waals surface area (Å²) in [5.41, 5.74) is 5.27. The van der Waals surface area contributed by atoms with E-state index in [1.807, 2.05) is 0 Å². The molecule has 11 heavy (non-hydrogen) atoms. The van der Waals surface area contributed by atoms with Crippen LogP contribution in [0.1, 0.15) is 6.42 Å². The molecule has 0 heterocycles. The Balaban J connectivity index is 0. The third-order valence-corrected chi connectivity index (χ3v) is 2.07. The van der Waals surface area contributed by atoms with Gasteiger partial charge in [-0.05, 0) is 6.42 Å². The number of nitrogens with two attached hydrogens (primary N) is 1. The first-order valence-corrected chi connectivity index (χ1v) is 5.06. The second kappa shape index (κ2) is 5.77. The molecule has 0 unspecified atom stereocenters. The third-order valence-electron chi connectivity index (χ3n) is 1.09. The molecule has 0 spiro atoms. The van der Waals surface area contributed by atoms with Crippen molar-refractivity contribution < 1.29 is 13.5 Å². The van der Waals surface area contributed by atoms with Crippen LogP contribution in [0.5, 0.6) is 0 Å². The van der Waals surface area contributed by atoms with Crippen LogP contribution in [0.3, 0.4) is 0 Å². The number of hydrogen-bond acceptors (Lipinski definition) is 4. The normalized spacial score (nSPS) is 13.7. The molecular weight excluding hydrogens is 190 g/mol. The molecule has 0 aliphatic heterocycles. The molecule has 0 aliphatic carbocycles. The Bertz CT molecular complexity index is 180. The summed E-state index contributed by atoms with van der Waals surface area (Å²) < 4.78 is 21.0. The Morgan fingerprint density at radius 2 is 2.00 bits per heavy atom. The predicted molar refractivity (Wildman–Crippen MR) is 46.6 cm³/mol. The molecule has 0 aliphatic rings. The van der Waals surface area contributed by atoms with Gasteiger partial charge in [0.1, 0.15) is 9.84 Å². The lowest BCUT2D eigenvalue weighted by Gasteiger charge is -2.04. The Morgan fingerprint density at radius 3 is 2.27 bits per heavy atom. The predicted octanol–water partition coefficient (Wildman–Crippen LogP) is -0.837. The fraction of sp³-hybridized carbons (Fsp3) is 1.00. The summed E-state index contributed by atoms with van der Waals surface area (Å²) in [7, 11) is -2.92. The largest absolute Gasteiger partial charge is 0.395 e. The Morgan fingerprint density at radius 1 is 1.55 bits per heavy atom. The minimum absolute atomic E-state index is 0. The smallest absolute Gasteiger partial charge is 0.147 e. The van der Waals surface area contributed by atoms with Crippen LogP contribution in [-0.4, -0.2) is 38.2 Å². The maximum atomic E-state index is 10.5. The lowest BCUT2D eigenvalue weighted by Crippen LogP contribution is -2.26. The van der Waals surface area contributed by atoms with E-state index in [4.69, 9.17) is 10.8 Å². The Hall–Kier alpha value is 0.160. The zero-order chi connectivity index (χ0) is 8.20. The molecule has 0 rings (SSSR count). The van der Waals surface area contributed by atoms with E-state index >= 15 is 0 Å². The number of rotatable bonds is 4. The van der Waals surface area contributed by atoms with Crippen LogP contribution in [0.25, 0.3) is 0 Å². The van der Waals surface area contributed by atoms with Crippen LogP contribution in [0, 0.1) is 0 Å². The highest BCUT2D eigenvalue weighted by Crippen LogP contribution is 1.91. The van der Waals surface area contributed by atoms with E-state index in [0.29, 0.717) is 6.42 Å². The van der Waals surface area contributed by atoms with Gasteiger partial charge >= 0.3 is 0 Å². The van der Waals surface area contributed by atoms with Crippen LogP contribution in [0.4, 0.5) is 0 Å². The van der Waals surface area contributed by atoms with Gasteiger partial charge in [0, 0.05) is 12.3 Å². The Labute approximate surface area is 73.1 Å². The van der Waals surface area contributed by atoms with Crippen molar-refractivity contribution in [1.29, 1.82) is 0 Å². The van der Waals surface area contributed by atoms with Gasteiger partial charge in [0.25, 0.3) is 0 Å². The summed E-state index contributed by atoms with van der Waals surface area (Å²) in [6.07, 6.45) is 1.48. The fourth-order valence-corrected chi connectivity index (χ4v) is 1.19. The Kier molecular flexibility index (Phi) is 7.20. The van der Waals surface area contributed by atoms with Gasteiger partial charge in [-0.1, -0.05) is 0 Å². The summed E-state index contributed by atoms with van der Waals surface area (Å²) in [5, 5.41) is 8.41. The monoisotopic (exact) mass is 203 g/mol. The minimum atomic E-state index is -2.92. The molecule has 6 heteroatoms. The lowest BCUT2D eigenvalue weighted by atomic mass is 10.3. The summed E-state index contributed by atoms with van der Waals surface area (Å²) >= 11 is 0. The second-order valence-corrected chi connectivity index (χ2v) is 4.62. The van der Waals surface area contributed by atoms with E-state index in [1.165, 1.54) is 0 Å². The number of sulfone groups is 1. The van der Waals surface area contributed by atoms with E-state index in [2.05, 4.69) is 0 Å². The zero-order valence-corrected chi connectivity index (χ0v) is 7.99. The summed E-state index contributed by atoms with van der Waals surface area (Å²) in [6, 6.07) is -0.408. The maximum Gasteiger partial charge on any atom is 0.147 e. The van der Waals surface area contributed by atoms with E-state index < -0.39 is 15.9 Å². The quantitative estimate of drug-likeness (QED) is 0.625. The SMILES string of the molecule is CS(=O)(=O)CC[C@@H](N)CO.Cl. The molecule has 0 saturated heterocycles. The van der Waals surface area contributed by atoms with Gasteiger partial charge < -0.3 is 10.8 Å². The molecule has 0 radical (unpaired) electrons. The average molecular weight is 204 g/mol. The van der Waals surface area contributed by atoms with Crippen molar-refractivity contribution in [3.63, 3.8) is 0 Å². The molecular formula is C5H14ClNO3S. The molecule has 0 aromatic carbocycles. The first-order valence-electron chi connectivity index (χ1n) is 3.00. The van der Waals surface area contributed by atoms with Crippen molar-refractivity contribution in [3.05, 3.63) is 0 Å². The number of hydrogen-bond donors (Lipinski definition) is 2. The summed E-state index contributed by atoms with van der Waals surface area (Å²) in [6.45, 7) is -0.157. The van der Waals surface area contributed by atoms with Crippen LogP contribution in [0.2, 0.25) is 0 Å². The zero-order valence-electron chi connectivity index (χ0n) is 6.36. The van der Waals surface area contributed by atoms with Crippen LogP contribution >= 0.6 is 12.4 Å². The first-order chi connectivity index (χ1) is 4.45. The summed E-state index contributed by atoms with van der Waals surface area (Å²) in [4.78, 5) is 0. The third kappa shape index (κ3) is 10.2. The van der Waals surface area contributed by atoms with E-state index in [-0.39, 0.29) is 24.8 Å². The molecule has 0 amide bonds. The minimum Gasteiger partial charge on any atom is -0.395 e. The molecule has 0 fully saturated rings. The van der Waals surface area contributed by atoms with Crippen LogP contribution < -0.4 is 5.73 Å². The van der Waals surface area contributed by atoms with E-state index in [9.17, 15) is 8.42 Å². The van der Waals surface area contributed by atoms with E-state index in [1.54, 1.807) is 0 Å². The van der Waals surface area contributed by atoms with Crippen molar-refractivity contribution >= 4 is 22.2 Å². The molecule has 1 atom stereocenters. The van der Waals surface area contributed by atoms with Gasteiger partial charge in [0.2, 0.25) is 0 Å². The number of aliphatic hydroxyl groups is 1. The average Bonchev–Trinajstić information content (AvgIpc) is 1.81. The molecule has 0 bridgehead atoms. The molecule has 70 valence electrons. The molecule has 0 aromatic rings.